The summed E-state index contributed by atoms with van der Waals surface area (Å²) in [5.41, 5.74) is 2.59. The predicted molar refractivity (Wildman–Crippen MR) is 66.0 cm³/mol. The third-order valence-corrected chi connectivity index (χ3v) is 2.76. The lowest BCUT2D eigenvalue weighted by Gasteiger charge is -2.10. The Balaban J connectivity index is 3.28. The highest BCUT2D eigenvalue weighted by molar-refractivity contribution is 6.17. The van der Waals surface area contributed by atoms with Gasteiger partial charge in [0.25, 0.3) is 0 Å². The van der Waals surface area contributed by atoms with E-state index in [1.165, 1.54) is 0 Å². The maximum absolute atomic E-state index is 11.6. The Bertz CT molecular complexity index is 463. The molecule has 17 heavy (non-hydrogen) atoms. The molecule has 0 radical (unpaired) electrons. The van der Waals surface area contributed by atoms with Crippen LogP contribution in [0.15, 0.2) is 12.1 Å². The first-order valence-corrected chi connectivity index (χ1v) is 6.00. The standard InChI is InChI=1S/C13H14ClNO2/c1-3-12-10(7-14)5-9(6-11(12)8-15)13(16)17-4-2/h5-6H,3-4,7H2,1-2H3. The maximum atomic E-state index is 11.6. The largest absolute Gasteiger partial charge is 0.462 e. The van der Waals surface area contributed by atoms with E-state index in [-0.39, 0.29) is 5.88 Å². The second kappa shape index (κ2) is 6.27. The zero-order valence-corrected chi connectivity index (χ0v) is 10.7. The minimum atomic E-state index is -0.419. The molecule has 0 aliphatic rings. The molecule has 0 atom stereocenters. The van der Waals surface area contributed by atoms with Crippen LogP contribution < -0.4 is 0 Å². The second-order valence-corrected chi connectivity index (χ2v) is 3.75. The van der Waals surface area contributed by atoms with Gasteiger partial charge in [-0.1, -0.05) is 6.92 Å². The number of halogens is 1. The topological polar surface area (TPSA) is 50.1 Å². The second-order valence-electron chi connectivity index (χ2n) is 3.48. The van der Waals surface area contributed by atoms with Gasteiger partial charge in [0, 0.05) is 5.88 Å². The van der Waals surface area contributed by atoms with Gasteiger partial charge in [-0.15, -0.1) is 11.6 Å². The van der Waals surface area contributed by atoms with Crippen molar-refractivity contribution in [3.63, 3.8) is 0 Å². The van der Waals surface area contributed by atoms with Crippen LogP contribution in [0.1, 0.15) is 40.9 Å². The number of nitriles is 1. The first-order chi connectivity index (χ1) is 8.17. The molecule has 0 heterocycles. The van der Waals surface area contributed by atoms with Crippen LogP contribution in [0.25, 0.3) is 0 Å². The highest BCUT2D eigenvalue weighted by atomic mass is 35.5. The molecule has 0 unspecified atom stereocenters. The lowest BCUT2D eigenvalue weighted by atomic mass is 9.97. The van der Waals surface area contributed by atoms with Crippen molar-refractivity contribution in [2.75, 3.05) is 6.61 Å². The summed E-state index contributed by atoms with van der Waals surface area (Å²) in [6, 6.07) is 5.35. The Kier molecular flexibility index (Phi) is 4.99. The Morgan fingerprint density at radius 3 is 2.65 bits per heavy atom. The molecular weight excluding hydrogens is 238 g/mol. The van der Waals surface area contributed by atoms with Crippen LogP contribution in [0.2, 0.25) is 0 Å². The molecule has 1 aromatic rings. The van der Waals surface area contributed by atoms with Crippen LogP contribution in [-0.4, -0.2) is 12.6 Å². The van der Waals surface area contributed by atoms with Gasteiger partial charge in [0.2, 0.25) is 0 Å². The minimum Gasteiger partial charge on any atom is -0.462 e. The maximum Gasteiger partial charge on any atom is 0.338 e. The normalized spacial score (nSPS) is 9.76. The van der Waals surface area contributed by atoms with Crippen molar-refractivity contribution in [3.05, 3.63) is 34.4 Å². The van der Waals surface area contributed by atoms with Crippen LogP contribution in [0.5, 0.6) is 0 Å². The van der Waals surface area contributed by atoms with E-state index >= 15 is 0 Å². The molecule has 0 bridgehead atoms. The summed E-state index contributed by atoms with van der Waals surface area (Å²) >= 11 is 5.83. The van der Waals surface area contributed by atoms with Crippen LogP contribution in [0.3, 0.4) is 0 Å². The Hall–Kier alpha value is -1.53. The highest BCUT2D eigenvalue weighted by Crippen LogP contribution is 2.20. The molecule has 90 valence electrons. The van der Waals surface area contributed by atoms with Gasteiger partial charge in [-0.2, -0.15) is 5.26 Å². The fourth-order valence-electron chi connectivity index (χ4n) is 1.70. The molecule has 4 heteroatoms. The molecule has 1 aromatic carbocycles. The van der Waals surface area contributed by atoms with E-state index in [0.717, 1.165) is 11.1 Å². The number of alkyl halides is 1. The van der Waals surface area contributed by atoms with Gasteiger partial charge in [-0.25, -0.2) is 4.79 Å². The molecule has 0 aliphatic carbocycles. The summed E-state index contributed by atoms with van der Waals surface area (Å²) in [5.74, 6) is -0.136. The van der Waals surface area contributed by atoms with E-state index in [2.05, 4.69) is 6.07 Å². The predicted octanol–water partition coefficient (Wildman–Crippen LogP) is 3.04. The molecule has 0 spiro atoms. The molecule has 0 saturated heterocycles. The number of hydrogen-bond acceptors (Lipinski definition) is 3. The fraction of sp³-hybridized carbons (Fsp3) is 0.385. The van der Waals surface area contributed by atoms with Crippen molar-refractivity contribution in [2.24, 2.45) is 0 Å². The zero-order valence-electron chi connectivity index (χ0n) is 9.92. The first-order valence-electron chi connectivity index (χ1n) is 5.46. The number of esters is 1. The van der Waals surface area contributed by atoms with E-state index < -0.39 is 5.97 Å². The summed E-state index contributed by atoms with van der Waals surface area (Å²) in [6.07, 6.45) is 0.716. The van der Waals surface area contributed by atoms with Crippen molar-refractivity contribution in [1.82, 2.24) is 0 Å². The zero-order chi connectivity index (χ0) is 12.8. The number of ether oxygens (including phenoxy) is 1. The average Bonchev–Trinajstić information content (AvgIpc) is 2.37. The van der Waals surface area contributed by atoms with E-state index in [1.807, 2.05) is 6.92 Å². The van der Waals surface area contributed by atoms with Gasteiger partial charge in [0.15, 0.2) is 0 Å². The highest BCUT2D eigenvalue weighted by Gasteiger charge is 2.13. The van der Waals surface area contributed by atoms with E-state index in [4.69, 9.17) is 21.6 Å². The lowest BCUT2D eigenvalue weighted by Crippen LogP contribution is -2.07. The van der Waals surface area contributed by atoms with E-state index in [1.54, 1.807) is 19.1 Å². The fourth-order valence-corrected chi connectivity index (χ4v) is 1.94. The van der Waals surface area contributed by atoms with Crippen molar-refractivity contribution in [3.8, 4) is 6.07 Å². The van der Waals surface area contributed by atoms with Gasteiger partial charge >= 0.3 is 5.97 Å². The lowest BCUT2D eigenvalue weighted by molar-refractivity contribution is 0.0526. The SMILES string of the molecule is CCOC(=O)c1cc(C#N)c(CC)c(CCl)c1. The van der Waals surface area contributed by atoms with E-state index in [9.17, 15) is 4.79 Å². The summed E-state index contributed by atoms with van der Waals surface area (Å²) in [4.78, 5) is 11.6. The first kappa shape index (κ1) is 13.5. The Morgan fingerprint density at radius 2 is 2.18 bits per heavy atom. The molecule has 0 fully saturated rings. The molecule has 3 nitrogen and oxygen atoms in total. The molecular formula is C13H14ClNO2. The molecule has 1 rings (SSSR count). The van der Waals surface area contributed by atoms with Crippen LogP contribution in [-0.2, 0) is 17.0 Å². The van der Waals surface area contributed by atoms with Crippen LogP contribution in [0.4, 0.5) is 0 Å². The van der Waals surface area contributed by atoms with Crippen LogP contribution >= 0.6 is 11.6 Å². The Labute approximate surface area is 106 Å². The van der Waals surface area contributed by atoms with Crippen molar-refractivity contribution < 1.29 is 9.53 Å². The van der Waals surface area contributed by atoms with Crippen molar-refractivity contribution in [2.45, 2.75) is 26.1 Å². The number of rotatable bonds is 4. The molecule has 0 aromatic heterocycles. The summed E-state index contributed by atoms with van der Waals surface area (Å²) in [7, 11) is 0. The smallest absolute Gasteiger partial charge is 0.338 e. The number of carbonyl (C=O) groups is 1. The number of hydrogen-bond donors (Lipinski definition) is 0. The van der Waals surface area contributed by atoms with Crippen molar-refractivity contribution >= 4 is 17.6 Å². The molecule has 0 amide bonds. The number of nitrogens with zero attached hydrogens (tertiary/aromatic N) is 1. The van der Waals surface area contributed by atoms with Gasteiger partial charge in [-0.3, -0.25) is 0 Å². The minimum absolute atomic E-state index is 0.283. The number of carbonyl (C=O) groups excluding carboxylic acids is 1. The summed E-state index contributed by atoms with van der Waals surface area (Å²) < 4.78 is 4.91. The third kappa shape index (κ3) is 2.98. The van der Waals surface area contributed by atoms with Gasteiger partial charge in [0.05, 0.1) is 23.8 Å². The Morgan fingerprint density at radius 1 is 1.47 bits per heavy atom. The van der Waals surface area contributed by atoms with E-state index in [0.29, 0.717) is 24.2 Å². The monoisotopic (exact) mass is 251 g/mol. The molecule has 0 aliphatic heterocycles. The number of benzene rings is 1. The third-order valence-electron chi connectivity index (χ3n) is 2.47. The molecule has 0 saturated carbocycles. The summed E-state index contributed by atoms with van der Waals surface area (Å²) in [5, 5.41) is 9.06. The molecule has 0 N–H and O–H groups in total. The van der Waals surface area contributed by atoms with Gasteiger partial charge < -0.3 is 4.74 Å². The van der Waals surface area contributed by atoms with Crippen LogP contribution in [0, 0.1) is 11.3 Å². The quantitative estimate of drug-likeness (QED) is 0.610. The van der Waals surface area contributed by atoms with Gasteiger partial charge in [-0.05, 0) is 36.6 Å². The summed E-state index contributed by atoms with van der Waals surface area (Å²) in [6.45, 7) is 4.01. The van der Waals surface area contributed by atoms with Crippen molar-refractivity contribution in [1.29, 1.82) is 5.26 Å². The van der Waals surface area contributed by atoms with Gasteiger partial charge in [0.1, 0.15) is 0 Å². The average molecular weight is 252 g/mol.